The normalized spacial score (nSPS) is 19.7. The number of amides is 1. The van der Waals surface area contributed by atoms with Gasteiger partial charge in [-0.3, -0.25) is 9.48 Å². The first kappa shape index (κ1) is 20.0. The lowest BCUT2D eigenvalue weighted by atomic mass is 9.81. The minimum atomic E-state index is -1.50. The molecule has 3 aromatic heterocycles. The van der Waals surface area contributed by atoms with Crippen LogP contribution in [0.3, 0.4) is 0 Å². The van der Waals surface area contributed by atoms with Crippen LogP contribution in [-0.2, 0) is 13.5 Å². The molecule has 2 unspecified atom stereocenters. The third kappa shape index (κ3) is 2.89. The number of piperidine rings is 1. The molecular formula is C23H19F3N6O. The summed E-state index contributed by atoms with van der Waals surface area (Å²) in [4.78, 5) is 19.8. The van der Waals surface area contributed by atoms with Gasteiger partial charge in [0, 0.05) is 30.4 Å². The minimum absolute atomic E-state index is 0.101. The smallest absolute Gasteiger partial charge is 0.275 e. The van der Waals surface area contributed by atoms with Gasteiger partial charge in [0.05, 0.1) is 23.6 Å². The van der Waals surface area contributed by atoms with Gasteiger partial charge >= 0.3 is 0 Å². The highest BCUT2D eigenvalue weighted by molar-refractivity contribution is 5.94. The van der Waals surface area contributed by atoms with Gasteiger partial charge in [0.1, 0.15) is 0 Å². The molecule has 1 saturated heterocycles. The van der Waals surface area contributed by atoms with Gasteiger partial charge < -0.3 is 4.90 Å². The number of hydrogen-bond acceptors (Lipinski definition) is 4. The Hall–Kier alpha value is -3.69. The van der Waals surface area contributed by atoms with Crippen molar-refractivity contribution in [3.8, 4) is 11.3 Å². The van der Waals surface area contributed by atoms with Crippen LogP contribution in [0, 0.1) is 17.5 Å². The van der Waals surface area contributed by atoms with E-state index in [0.717, 1.165) is 37.0 Å². The van der Waals surface area contributed by atoms with Gasteiger partial charge in [-0.1, -0.05) is 0 Å². The number of aromatic nitrogens is 5. The summed E-state index contributed by atoms with van der Waals surface area (Å²) in [5.74, 6) is -4.15. The molecule has 10 heteroatoms. The predicted octanol–water partition coefficient (Wildman–Crippen LogP) is 3.84. The van der Waals surface area contributed by atoms with Crippen LogP contribution in [0.1, 0.15) is 47.1 Å². The van der Waals surface area contributed by atoms with E-state index in [1.165, 1.54) is 10.7 Å². The Labute approximate surface area is 186 Å². The number of aryl methyl sites for hydroxylation is 1. The van der Waals surface area contributed by atoms with E-state index in [4.69, 9.17) is 0 Å². The van der Waals surface area contributed by atoms with Gasteiger partial charge in [0.15, 0.2) is 28.8 Å². The summed E-state index contributed by atoms with van der Waals surface area (Å²) in [6.07, 6.45) is 6.09. The van der Waals surface area contributed by atoms with Crippen molar-refractivity contribution in [2.45, 2.75) is 37.8 Å². The first-order chi connectivity index (χ1) is 15.9. The van der Waals surface area contributed by atoms with Gasteiger partial charge in [-0.15, -0.1) is 0 Å². The maximum Gasteiger partial charge on any atom is 0.275 e. The average Bonchev–Trinajstić information content (AvgIpc) is 3.37. The van der Waals surface area contributed by atoms with E-state index < -0.39 is 17.5 Å². The van der Waals surface area contributed by atoms with Crippen LogP contribution in [0.5, 0.6) is 0 Å². The zero-order chi connectivity index (χ0) is 22.9. The van der Waals surface area contributed by atoms with E-state index >= 15 is 0 Å². The van der Waals surface area contributed by atoms with E-state index in [1.807, 2.05) is 4.90 Å². The quantitative estimate of drug-likeness (QED) is 0.434. The fraction of sp³-hybridized carbons (Fsp3) is 0.304. The van der Waals surface area contributed by atoms with Crippen LogP contribution < -0.4 is 0 Å². The molecule has 0 saturated carbocycles. The van der Waals surface area contributed by atoms with E-state index in [1.54, 1.807) is 30.1 Å². The Kier molecular flexibility index (Phi) is 4.33. The number of carbonyl (C=O) groups excluding carboxylic acids is 1. The summed E-state index contributed by atoms with van der Waals surface area (Å²) in [6, 6.07) is 5.15. The van der Waals surface area contributed by atoms with Gasteiger partial charge in [-0.2, -0.15) is 10.2 Å². The third-order valence-electron chi connectivity index (χ3n) is 6.66. The molecule has 168 valence electrons. The molecule has 33 heavy (non-hydrogen) atoms. The molecule has 4 aromatic rings. The van der Waals surface area contributed by atoms with Gasteiger partial charge in [0.2, 0.25) is 0 Å². The fourth-order valence-electron chi connectivity index (χ4n) is 5.31. The number of fused-ring (bicyclic) bond motifs is 5. The maximum atomic E-state index is 14.0. The SMILES string of the molecule is Cn1nc2c(c1-c1cc(F)c(F)c(F)c1)CC1CCCC2N1C(=O)c1cnc2cccnn12. The van der Waals surface area contributed by atoms with Gasteiger partial charge in [-0.25, -0.2) is 22.7 Å². The molecule has 2 bridgehead atoms. The molecule has 0 radical (unpaired) electrons. The number of rotatable bonds is 2. The summed E-state index contributed by atoms with van der Waals surface area (Å²) in [5.41, 5.74) is 3.30. The topological polar surface area (TPSA) is 68.3 Å². The maximum absolute atomic E-state index is 14.0. The minimum Gasteiger partial charge on any atom is -0.325 e. The van der Waals surface area contributed by atoms with Crippen LogP contribution in [0.2, 0.25) is 0 Å². The number of imidazole rings is 1. The van der Waals surface area contributed by atoms with Crippen molar-refractivity contribution >= 4 is 11.6 Å². The summed E-state index contributed by atoms with van der Waals surface area (Å²) in [5, 5.41) is 8.91. The molecule has 1 aromatic carbocycles. The van der Waals surface area contributed by atoms with Crippen LogP contribution in [0.15, 0.2) is 36.7 Å². The highest BCUT2D eigenvalue weighted by Gasteiger charge is 2.44. The molecule has 0 N–H and O–H groups in total. The molecule has 6 rings (SSSR count). The number of nitrogens with zero attached hydrogens (tertiary/aromatic N) is 6. The van der Waals surface area contributed by atoms with Crippen molar-refractivity contribution in [3.05, 3.63) is 71.1 Å². The Morgan fingerprint density at radius 3 is 2.73 bits per heavy atom. The van der Waals surface area contributed by atoms with Crippen molar-refractivity contribution in [2.75, 3.05) is 0 Å². The summed E-state index contributed by atoms with van der Waals surface area (Å²) < 4.78 is 44.6. The molecule has 5 heterocycles. The zero-order valence-electron chi connectivity index (χ0n) is 17.7. The molecule has 1 amide bonds. The number of hydrogen-bond donors (Lipinski definition) is 0. The monoisotopic (exact) mass is 452 g/mol. The second-order valence-electron chi connectivity index (χ2n) is 8.54. The Morgan fingerprint density at radius 1 is 1.15 bits per heavy atom. The van der Waals surface area contributed by atoms with Crippen LogP contribution in [0.4, 0.5) is 13.2 Å². The van der Waals surface area contributed by atoms with Crippen molar-refractivity contribution in [1.82, 2.24) is 29.3 Å². The van der Waals surface area contributed by atoms with Gasteiger partial charge in [0.25, 0.3) is 5.91 Å². The lowest BCUT2D eigenvalue weighted by molar-refractivity contribution is 0.0383. The second kappa shape index (κ2) is 7.16. The van der Waals surface area contributed by atoms with E-state index in [2.05, 4.69) is 15.2 Å². The standard InChI is InChI=1S/C23H19F3N6O/c1-30-22(12-8-15(24)20(26)16(25)9-12)14-10-13-4-2-5-17(21(14)29-30)31(13)23(33)18-11-27-19-6-3-7-28-32(18)19/h3,6-9,11,13,17H,2,4-5,10H2,1H3. The zero-order valence-corrected chi connectivity index (χ0v) is 17.7. The largest absolute Gasteiger partial charge is 0.325 e. The molecule has 0 aliphatic carbocycles. The van der Waals surface area contributed by atoms with Crippen LogP contribution in [-0.4, -0.2) is 41.2 Å². The van der Waals surface area contributed by atoms with Crippen LogP contribution >= 0.6 is 0 Å². The predicted molar refractivity (Wildman–Crippen MR) is 112 cm³/mol. The lowest BCUT2D eigenvalue weighted by Crippen LogP contribution is -2.50. The molecule has 2 aliphatic heterocycles. The van der Waals surface area contributed by atoms with E-state index in [0.29, 0.717) is 29.1 Å². The molecule has 2 atom stereocenters. The first-order valence-electron chi connectivity index (χ1n) is 10.8. The Bertz CT molecular complexity index is 1400. The highest BCUT2D eigenvalue weighted by atomic mass is 19.2. The van der Waals surface area contributed by atoms with Gasteiger partial charge in [-0.05, 0) is 49.9 Å². The lowest BCUT2D eigenvalue weighted by Gasteiger charge is -2.45. The van der Waals surface area contributed by atoms with Crippen molar-refractivity contribution < 1.29 is 18.0 Å². The highest BCUT2D eigenvalue weighted by Crippen LogP contribution is 2.45. The Balaban J connectivity index is 1.45. The summed E-state index contributed by atoms with van der Waals surface area (Å²) in [6.45, 7) is 0. The summed E-state index contributed by atoms with van der Waals surface area (Å²) in [7, 11) is 1.69. The number of carbonyl (C=O) groups is 1. The fourth-order valence-corrected chi connectivity index (χ4v) is 5.31. The van der Waals surface area contributed by atoms with E-state index in [-0.39, 0.29) is 23.6 Å². The average molecular weight is 452 g/mol. The molecule has 0 spiro atoms. The van der Waals surface area contributed by atoms with Crippen molar-refractivity contribution in [3.63, 3.8) is 0 Å². The summed E-state index contributed by atoms with van der Waals surface area (Å²) >= 11 is 0. The molecule has 1 fully saturated rings. The van der Waals surface area contributed by atoms with Crippen LogP contribution in [0.25, 0.3) is 16.9 Å². The third-order valence-corrected chi connectivity index (χ3v) is 6.66. The van der Waals surface area contributed by atoms with Crippen molar-refractivity contribution in [2.24, 2.45) is 7.05 Å². The number of halogens is 3. The molecule has 7 nitrogen and oxygen atoms in total. The Morgan fingerprint density at radius 2 is 1.94 bits per heavy atom. The first-order valence-corrected chi connectivity index (χ1v) is 10.8. The van der Waals surface area contributed by atoms with E-state index in [9.17, 15) is 18.0 Å². The molecule has 2 aliphatic rings. The second-order valence-corrected chi connectivity index (χ2v) is 8.54. The van der Waals surface area contributed by atoms with Crippen molar-refractivity contribution in [1.29, 1.82) is 0 Å². The number of benzene rings is 1. The molecular weight excluding hydrogens is 433 g/mol.